The third-order valence-electron chi connectivity index (χ3n) is 4.12. The second-order valence-electron chi connectivity index (χ2n) is 6.18. The Balaban J connectivity index is 2.15. The maximum atomic E-state index is 12.1. The van der Waals surface area contributed by atoms with E-state index in [2.05, 4.69) is 5.32 Å². The highest BCUT2D eigenvalue weighted by Crippen LogP contribution is 2.31. The van der Waals surface area contributed by atoms with E-state index in [4.69, 9.17) is 0 Å². The summed E-state index contributed by atoms with van der Waals surface area (Å²) in [5, 5.41) is 23.6. The Bertz CT molecular complexity index is 583. The molecule has 1 fully saturated rings. The molecule has 0 aliphatic carbocycles. The first-order valence-electron chi connectivity index (χ1n) is 7.90. The number of nitrogens with one attached hydrogen (secondary N) is 1. The molecule has 1 aliphatic heterocycles. The Hall–Kier alpha value is -2.15. The summed E-state index contributed by atoms with van der Waals surface area (Å²) in [6.45, 7) is 5.43. The minimum absolute atomic E-state index is 0.0298. The summed E-state index contributed by atoms with van der Waals surface area (Å²) < 4.78 is 0. The third-order valence-corrected chi connectivity index (χ3v) is 4.12. The predicted molar refractivity (Wildman–Crippen MR) is 87.7 cm³/mol. The van der Waals surface area contributed by atoms with Crippen LogP contribution in [0.15, 0.2) is 18.2 Å². The number of nitrogens with zero attached hydrogens (tertiary/aromatic N) is 2. The highest BCUT2D eigenvalue weighted by Gasteiger charge is 2.24. The normalized spacial score (nSPS) is 15.7. The van der Waals surface area contributed by atoms with E-state index < -0.39 is 16.9 Å². The number of anilines is 1. The van der Waals surface area contributed by atoms with Gasteiger partial charge in [0, 0.05) is 31.3 Å². The van der Waals surface area contributed by atoms with Crippen LogP contribution in [0.5, 0.6) is 0 Å². The zero-order valence-electron chi connectivity index (χ0n) is 13.5. The minimum Gasteiger partial charge on any atom is -0.391 e. The Morgan fingerprint density at radius 2 is 2.04 bits per heavy atom. The van der Waals surface area contributed by atoms with Gasteiger partial charge in [0.1, 0.15) is 5.69 Å². The molecule has 0 aromatic heterocycles. The molecule has 1 aliphatic rings. The van der Waals surface area contributed by atoms with Crippen molar-refractivity contribution >= 4 is 17.3 Å². The number of amides is 1. The first-order valence-corrected chi connectivity index (χ1v) is 7.90. The van der Waals surface area contributed by atoms with Crippen LogP contribution in [-0.4, -0.2) is 41.7 Å². The smallest absolute Gasteiger partial charge is 0.293 e. The molecule has 0 bridgehead atoms. The zero-order chi connectivity index (χ0) is 17.0. The van der Waals surface area contributed by atoms with Crippen LogP contribution in [0, 0.1) is 16.0 Å². The molecule has 1 atom stereocenters. The summed E-state index contributed by atoms with van der Waals surface area (Å²) in [5.41, 5.74) is 0.742. The van der Waals surface area contributed by atoms with Crippen molar-refractivity contribution in [2.45, 2.75) is 32.8 Å². The van der Waals surface area contributed by atoms with Gasteiger partial charge in [-0.1, -0.05) is 13.8 Å². The van der Waals surface area contributed by atoms with Crippen LogP contribution in [-0.2, 0) is 0 Å². The molecule has 2 N–H and O–H groups in total. The van der Waals surface area contributed by atoms with Gasteiger partial charge in [-0.05, 0) is 30.9 Å². The van der Waals surface area contributed by atoms with Gasteiger partial charge >= 0.3 is 0 Å². The monoisotopic (exact) mass is 321 g/mol. The molecule has 2 rings (SSSR count). The van der Waals surface area contributed by atoms with Gasteiger partial charge < -0.3 is 15.3 Å². The lowest BCUT2D eigenvalue weighted by atomic mass is 10.1. The Labute approximate surface area is 135 Å². The maximum Gasteiger partial charge on any atom is 0.293 e. The lowest BCUT2D eigenvalue weighted by Crippen LogP contribution is -2.34. The highest BCUT2D eigenvalue weighted by atomic mass is 16.6. The number of aliphatic hydroxyl groups is 1. The largest absolute Gasteiger partial charge is 0.391 e. The van der Waals surface area contributed by atoms with Crippen molar-refractivity contribution in [3.05, 3.63) is 33.9 Å². The number of benzene rings is 1. The molecular weight excluding hydrogens is 298 g/mol. The highest BCUT2D eigenvalue weighted by molar-refractivity contribution is 5.95. The van der Waals surface area contributed by atoms with Crippen molar-refractivity contribution < 1.29 is 14.8 Å². The van der Waals surface area contributed by atoms with Gasteiger partial charge in [0.2, 0.25) is 0 Å². The Morgan fingerprint density at radius 3 is 2.61 bits per heavy atom. The number of rotatable bonds is 6. The van der Waals surface area contributed by atoms with Crippen LogP contribution in [0.4, 0.5) is 11.4 Å². The third kappa shape index (κ3) is 4.19. The van der Waals surface area contributed by atoms with Gasteiger partial charge in [0.15, 0.2) is 0 Å². The molecule has 126 valence electrons. The van der Waals surface area contributed by atoms with E-state index in [1.807, 2.05) is 18.7 Å². The average molecular weight is 321 g/mol. The lowest BCUT2D eigenvalue weighted by Gasteiger charge is -2.18. The molecule has 1 amide bonds. The standard InChI is InChI=1S/C16H23N3O4/c1-11(2)15(20)10-17-16(21)12-5-6-13(14(9-12)19(22)23)18-7-3-4-8-18/h5-6,9,11,15,20H,3-4,7-8,10H2,1-2H3,(H,17,21). The molecule has 1 aromatic carbocycles. The first kappa shape index (κ1) is 17.2. The van der Waals surface area contributed by atoms with E-state index in [1.165, 1.54) is 6.07 Å². The van der Waals surface area contributed by atoms with Crippen molar-refractivity contribution in [2.24, 2.45) is 5.92 Å². The van der Waals surface area contributed by atoms with Gasteiger partial charge in [-0.2, -0.15) is 0 Å². The summed E-state index contributed by atoms with van der Waals surface area (Å²) in [4.78, 5) is 25.0. The molecule has 7 heteroatoms. The second kappa shape index (κ2) is 7.41. The van der Waals surface area contributed by atoms with Crippen molar-refractivity contribution in [3.63, 3.8) is 0 Å². The Kier molecular flexibility index (Phi) is 5.54. The zero-order valence-corrected chi connectivity index (χ0v) is 13.5. The van der Waals surface area contributed by atoms with Crippen LogP contribution < -0.4 is 10.2 Å². The number of carbonyl (C=O) groups is 1. The van der Waals surface area contributed by atoms with Crippen LogP contribution in [0.1, 0.15) is 37.0 Å². The summed E-state index contributed by atoms with van der Waals surface area (Å²) in [7, 11) is 0. The fourth-order valence-corrected chi connectivity index (χ4v) is 2.57. The van der Waals surface area contributed by atoms with E-state index in [0.717, 1.165) is 25.9 Å². The molecule has 0 spiro atoms. The number of nitro benzene ring substituents is 1. The quantitative estimate of drug-likeness (QED) is 0.616. The Morgan fingerprint density at radius 1 is 1.39 bits per heavy atom. The van der Waals surface area contributed by atoms with Gasteiger partial charge in [-0.3, -0.25) is 14.9 Å². The van der Waals surface area contributed by atoms with Gasteiger partial charge in [0.05, 0.1) is 11.0 Å². The second-order valence-corrected chi connectivity index (χ2v) is 6.18. The maximum absolute atomic E-state index is 12.1. The molecule has 1 unspecified atom stereocenters. The van der Waals surface area contributed by atoms with Crippen LogP contribution >= 0.6 is 0 Å². The molecule has 0 radical (unpaired) electrons. The van der Waals surface area contributed by atoms with Crippen molar-refractivity contribution in [1.29, 1.82) is 0 Å². The predicted octanol–water partition coefficient (Wildman–Crippen LogP) is 1.94. The lowest BCUT2D eigenvalue weighted by molar-refractivity contribution is -0.384. The number of carbonyl (C=O) groups excluding carboxylic acids is 1. The van der Waals surface area contributed by atoms with Crippen molar-refractivity contribution in [2.75, 3.05) is 24.5 Å². The van der Waals surface area contributed by atoms with Gasteiger partial charge in [0.25, 0.3) is 11.6 Å². The van der Waals surface area contributed by atoms with E-state index >= 15 is 0 Å². The summed E-state index contributed by atoms with van der Waals surface area (Å²) in [6.07, 6.45) is 1.40. The summed E-state index contributed by atoms with van der Waals surface area (Å²) in [5.74, 6) is -0.386. The minimum atomic E-state index is -0.641. The van der Waals surface area contributed by atoms with Gasteiger partial charge in [-0.15, -0.1) is 0 Å². The van der Waals surface area contributed by atoms with Crippen LogP contribution in [0.25, 0.3) is 0 Å². The molecule has 7 nitrogen and oxygen atoms in total. The van der Waals surface area contributed by atoms with Crippen LogP contribution in [0.2, 0.25) is 0 Å². The number of nitro groups is 1. The number of aliphatic hydroxyl groups excluding tert-OH is 1. The first-order chi connectivity index (χ1) is 10.9. The molecule has 23 heavy (non-hydrogen) atoms. The van der Waals surface area contributed by atoms with Gasteiger partial charge in [-0.25, -0.2) is 0 Å². The topological polar surface area (TPSA) is 95.7 Å². The molecule has 1 aromatic rings. The number of hydrogen-bond acceptors (Lipinski definition) is 5. The van der Waals surface area contributed by atoms with E-state index in [9.17, 15) is 20.0 Å². The van der Waals surface area contributed by atoms with E-state index in [-0.39, 0.29) is 23.7 Å². The molecule has 0 saturated carbocycles. The van der Waals surface area contributed by atoms with Crippen molar-refractivity contribution in [1.82, 2.24) is 5.32 Å². The fourth-order valence-electron chi connectivity index (χ4n) is 2.57. The molecule has 1 saturated heterocycles. The van der Waals surface area contributed by atoms with Crippen LogP contribution in [0.3, 0.4) is 0 Å². The summed E-state index contributed by atoms with van der Waals surface area (Å²) >= 11 is 0. The number of hydrogen-bond donors (Lipinski definition) is 2. The average Bonchev–Trinajstić information content (AvgIpc) is 3.05. The summed E-state index contributed by atoms with van der Waals surface area (Å²) in [6, 6.07) is 4.54. The van der Waals surface area contributed by atoms with E-state index in [0.29, 0.717) is 5.69 Å². The molecular formula is C16H23N3O4. The fraction of sp³-hybridized carbons (Fsp3) is 0.562. The molecule has 1 heterocycles. The SMILES string of the molecule is CC(C)C(O)CNC(=O)c1ccc(N2CCCC2)c([N+](=O)[O-])c1. The van der Waals surface area contributed by atoms with Crippen molar-refractivity contribution in [3.8, 4) is 0 Å². The van der Waals surface area contributed by atoms with E-state index in [1.54, 1.807) is 12.1 Å².